The highest BCUT2D eigenvalue weighted by molar-refractivity contribution is 7.89. The van der Waals surface area contributed by atoms with Crippen LogP contribution in [0.4, 0.5) is 0 Å². The smallest absolute Gasteiger partial charge is 0.238 e. The summed E-state index contributed by atoms with van der Waals surface area (Å²) in [5, 5.41) is 8.04. The lowest BCUT2D eigenvalue weighted by Gasteiger charge is -2.21. The number of nitrogens with two attached hydrogens (primary N) is 1. The van der Waals surface area contributed by atoms with Crippen LogP contribution in [-0.2, 0) is 34.3 Å². The number of hydrogen-bond acceptors (Lipinski definition) is 5. The summed E-state index contributed by atoms with van der Waals surface area (Å²) in [6.07, 6.45) is 0.869. The van der Waals surface area contributed by atoms with Crippen LogP contribution in [0.2, 0.25) is 0 Å². The zero-order valence-corrected chi connectivity index (χ0v) is 19.1. The number of nitrogens with one attached hydrogen (secondary N) is 1. The molecule has 0 aliphatic rings. The van der Waals surface area contributed by atoms with Crippen LogP contribution in [0.15, 0.2) is 71.6 Å². The van der Waals surface area contributed by atoms with E-state index in [1.54, 1.807) is 23.5 Å². The first kappa shape index (κ1) is 23.1. The first-order chi connectivity index (χ1) is 14.8. The second-order valence-corrected chi connectivity index (χ2v) is 10.4. The molecular formula is C23H27N3O3S2. The minimum atomic E-state index is -3.72. The first-order valence-electron chi connectivity index (χ1n) is 9.99. The first-order valence-corrected chi connectivity index (χ1v) is 12.4. The van der Waals surface area contributed by atoms with Gasteiger partial charge in [0.25, 0.3) is 0 Å². The summed E-state index contributed by atoms with van der Waals surface area (Å²) < 4.78 is 22.7. The van der Waals surface area contributed by atoms with Crippen LogP contribution in [0.5, 0.6) is 0 Å². The third kappa shape index (κ3) is 7.59. The van der Waals surface area contributed by atoms with Crippen molar-refractivity contribution in [1.82, 2.24) is 10.2 Å². The predicted octanol–water partition coefficient (Wildman–Crippen LogP) is 3.07. The Balaban J connectivity index is 1.57. The van der Waals surface area contributed by atoms with Crippen molar-refractivity contribution in [2.75, 3.05) is 13.1 Å². The number of primary sulfonamides is 1. The molecule has 0 aliphatic heterocycles. The molecule has 2 aromatic carbocycles. The molecule has 0 aliphatic carbocycles. The van der Waals surface area contributed by atoms with Crippen LogP contribution < -0.4 is 10.5 Å². The summed E-state index contributed by atoms with van der Waals surface area (Å²) in [4.78, 5) is 17.3. The molecule has 1 aromatic heterocycles. The summed E-state index contributed by atoms with van der Waals surface area (Å²) in [7, 11) is -3.72. The maximum absolute atomic E-state index is 12.6. The fraction of sp³-hybridized carbons (Fsp3) is 0.261. The van der Waals surface area contributed by atoms with Gasteiger partial charge >= 0.3 is 0 Å². The van der Waals surface area contributed by atoms with Crippen molar-refractivity contribution < 1.29 is 13.2 Å². The molecule has 1 heterocycles. The standard InChI is InChI=1S/C23H27N3O3S2/c1-18-7-10-21(30-18)16-26(14-13-19-5-3-2-4-6-19)17-23(27)25-15-20-8-11-22(12-9-20)31(24,28)29/h2-12H,13-17H2,1H3,(H,25,27)(H2,24,28,29). The summed E-state index contributed by atoms with van der Waals surface area (Å²) in [5.74, 6) is -0.0723. The van der Waals surface area contributed by atoms with E-state index >= 15 is 0 Å². The van der Waals surface area contributed by atoms with Crippen LogP contribution in [0.25, 0.3) is 0 Å². The second kappa shape index (κ2) is 10.7. The fourth-order valence-electron chi connectivity index (χ4n) is 3.19. The molecule has 8 heteroatoms. The molecule has 1 amide bonds. The molecule has 0 unspecified atom stereocenters. The van der Waals surface area contributed by atoms with Crippen LogP contribution in [-0.4, -0.2) is 32.3 Å². The van der Waals surface area contributed by atoms with E-state index in [4.69, 9.17) is 5.14 Å². The average molecular weight is 458 g/mol. The van der Waals surface area contributed by atoms with E-state index in [0.29, 0.717) is 13.1 Å². The van der Waals surface area contributed by atoms with Crippen molar-refractivity contribution in [3.63, 3.8) is 0 Å². The predicted molar refractivity (Wildman–Crippen MR) is 124 cm³/mol. The molecule has 6 nitrogen and oxygen atoms in total. The molecule has 0 spiro atoms. The molecular weight excluding hydrogens is 430 g/mol. The minimum absolute atomic E-state index is 0.0564. The average Bonchev–Trinajstić information content (AvgIpc) is 3.15. The zero-order chi connectivity index (χ0) is 22.3. The highest BCUT2D eigenvalue weighted by Gasteiger charge is 2.13. The fourth-order valence-corrected chi connectivity index (χ4v) is 4.64. The summed E-state index contributed by atoms with van der Waals surface area (Å²) in [6.45, 7) is 4.20. The Bertz CT molecular complexity index is 1090. The van der Waals surface area contributed by atoms with Gasteiger partial charge in [0, 0.05) is 29.4 Å². The van der Waals surface area contributed by atoms with Gasteiger partial charge in [0.1, 0.15) is 0 Å². The van der Waals surface area contributed by atoms with Gasteiger partial charge in [-0.3, -0.25) is 9.69 Å². The summed E-state index contributed by atoms with van der Waals surface area (Å²) in [6, 6.07) is 20.6. The number of rotatable bonds is 10. The summed E-state index contributed by atoms with van der Waals surface area (Å²) in [5.41, 5.74) is 2.05. The van der Waals surface area contributed by atoms with Crippen molar-refractivity contribution in [3.05, 3.63) is 87.6 Å². The number of nitrogens with zero attached hydrogens (tertiary/aromatic N) is 1. The van der Waals surface area contributed by atoms with Crippen molar-refractivity contribution in [2.45, 2.75) is 31.3 Å². The van der Waals surface area contributed by atoms with E-state index in [-0.39, 0.29) is 10.8 Å². The summed E-state index contributed by atoms with van der Waals surface area (Å²) >= 11 is 1.75. The molecule has 0 saturated carbocycles. The molecule has 3 N–H and O–H groups in total. The third-order valence-electron chi connectivity index (χ3n) is 4.84. The lowest BCUT2D eigenvalue weighted by atomic mass is 10.1. The number of amides is 1. The minimum Gasteiger partial charge on any atom is -0.351 e. The van der Waals surface area contributed by atoms with Crippen LogP contribution in [0.1, 0.15) is 20.9 Å². The van der Waals surface area contributed by atoms with Gasteiger partial charge in [-0.05, 0) is 48.7 Å². The van der Waals surface area contributed by atoms with Gasteiger partial charge in [0.15, 0.2) is 0 Å². The Hall–Kier alpha value is -2.52. The molecule has 0 saturated heterocycles. The van der Waals surface area contributed by atoms with Crippen LogP contribution in [0, 0.1) is 6.92 Å². The highest BCUT2D eigenvalue weighted by Crippen LogP contribution is 2.17. The number of aryl methyl sites for hydroxylation is 1. The Morgan fingerprint density at radius 1 is 1.00 bits per heavy atom. The molecule has 0 bridgehead atoms. The number of hydrogen-bond donors (Lipinski definition) is 2. The quantitative estimate of drug-likeness (QED) is 0.489. The normalized spacial score (nSPS) is 11.6. The van der Waals surface area contributed by atoms with E-state index < -0.39 is 10.0 Å². The number of carbonyl (C=O) groups excluding carboxylic acids is 1. The second-order valence-electron chi connectivity index (χ2n) is 7.42. The van der Waals surface area contributed by atoms with Gasteiger partial charge in [-0.1, -0.05) is 42.5 Å². The van der Waals surface area contributed by atoms with E-state index in [0.717, 1.165) is 25.1 Å². The molecule has 3 aromatic rings. The number of thiophene rings is 1. The van der Waals surface area contributed by atoms with Crippen molar-refractivity contribution in [1.29, 1.82) is 0 Å². The topological polar surface area (TPSA) is 92.5 Å². The Morgan fingerprint density at radius 2 is 1.71 bits per heavy atom. The van der Waals surface area contributed by atoms with Gasteiger partial charge in [-0.25, -0.2) is 13.6 Å². The van der Waals surface area contributed by atoms with E-state index in [2.05, 4.69) is 41.4 Å². The van der Waals surface area contributed by atoms with Crippen molar-refractivity contribution >= 4 is 27.3 Å². The monoisotopic (exact) mass is 457 g/mol. The number of sulfonamides is 1. The largest absolute Gasteiger partial charge is 0.351 e. The molecule has 3 rings (SSSR count). The number of carbonyl (C=O) groups is 1. The van der Waals surface area contributed by atoms with E-state index in [1.165, 1.54) is 27.5 Å². The Kier molecular flexibility index (Phi) is 7.97. The van der Waals surface area contributed by atoms with Gasteiger partial charge in [-0.15, -0.1) is 11.3 Å². The van der Waals surface area contributed by atoms with E-state index in [9.17, 15) is 13.2 Å². The van der Waals surface area contributed by atoms with E-state index in [1.807, 2.05) is 18.2 Å². The van der Waals surface area contributed by atoms with Crippen LogP contribution >= 0.6 is 11.3 Å². The van der Waals surface area contributed by atoms with Gasteiger partial charge < -0.3 is 5.32 Å². The Morgan fingerprint density at radius 3 is 2.32 bits per heavy atom. The van der Waals surface area contributed by atoms with Crippen molar-refractivity contribution in [3.8, 4) is 0 Å². The maximum Gasteiger partial charge on any atom is 0.238 e. The van der Waals surface area contributed by atoms with Crippen LogP contribution in [0.3, 0.4) is 0 Å². The van der Waals surface area contributed by atoms with Gasteiger partial charge in [0.2, 0.25) is 15.9 Å². The maximum atomic E-state index is 12.6. The van der Waals surface area contributed by atoms with Gasteiger partial charge in [-0.2, -0.15) is 0 Å². The lowest BCUT2D eigenvalue weighted by molar-refractivity contribution is -0.122. The molecule has 0 radical (unpaired) electrons. The molecule has 164 valence electrons. The number of benzene rings is 2. The molecule has 31 heavy (non-hydrogen) atoms. The Labute approximate surface area is 187 Å². The molecule has 0 fully saturated rings. The third-order valence-corrected chi connectivity index (χ3v) is 6.76. The SMILES string of the molecule is Cc1ccc(CN(CCc2ccccc2)CC(=O)NCc2ccc(S(N)(=O)=O)cc2)s1. The lowest BCUT2D eigenvalue weighted by Crippen LogP contribution is -2.37. The molecule has 0 atom stereocenters. The zero-order valence-electron chi connectivity index (χ0n) is 17.5. The highest BCUT2D eigenvalue weighted by atomic mass is 32.2. The van der Waals surface area contributed by atoms with Gasteiger partial charge in [0.05, 0.1) is 11.4 Å². The van der Waals surface area contributed by atoms with Crippen molar-refractivity contribution in [2.24, 2.45) is 5.14 Å².